The third-order valence-electron chi connectivity index (χ3n) is 4.97. The fourth-order valence-corrected chi connectivity index (χ4v) is 3.95. The molecule has 0 aromatic carbocycles. The summed E-state index contributed by atoms with van der Waals surface area (Å²) in [6, 6.07) is -0.871. The van der Waals surface area contributed by atoms with Crippen molar-refractivity contribution in [1.82, 2.24) is 31.9 Å². The molecule has 0 aromatic rings. The van der Waals surface area contributed by atoms with Crippen molar-refractivity contribution in [3.05, 3.63) is 0 Å². The first-order valence-electron chi connectivity index (χ1n) is 10.4. The molecule has 1 aliphatic carbocycles. The highest BCUT2D eigenvalue weighted by atomic mass is 35.5. The number of halogens is 4. The van der Waals surface area contributed by atoms with Gasteiger partial charge in [-0.1, -0.05) is 13.8 Å². The van der Waals surface area contributed by atoms with Crippen LogP contribution in [0.25, 0.3) is 0 Å². The van der Waals surface area contributed by atoms with E-state index in [1.54, 1.807) is 0 Å². The van der Waals surface area contributed by atoms with E-state index >= 15 is 0 Å². The summed E-state index contributed by atoms with van der Waals surface area (Å²) in [5, 5.41) is 17.3. The second-order valence-electron chi connectivity index (χ2n) is 7.31. The molecule has 1 aliphatic heterocycles. The Hall–Kier alpha value is -0.810. The maximum absolute atomic E-state index is 13.0. The van der Waals surface area contributed by atoms with Crippen LogP contribution in [0.15, 0.2) is 0 Å². The largest absolute Gasteiger partial charge is 0.393 e. The van der Waals surface area contributed by atoms with Crippen molar-refractivity contribution < 1.29 is 18.0 Å². The molecule has 6 N–H and O–H groups in total. The monoisotopic (exact) mass is 444 g/mol. The summed E-state index contributed by atoms with van der Waals surface area (Å²) in [5.74, 6) is -1.59. The van der Waals surface area contributed by atoms with E-state index in [0.717, 1.165) is 19.5 Å². The van der Waals surface area contributed by atoms with E-state index in [-0.39, 0.29) is 25.0 Å². The van der Waals surface area contributed by atoms with E-state index in [9.17, 15) is 18.0 Å². The average Bonchev–Trinajstić information content (AvgIpc) is 2.64. The van der Waals surface area contributed by atoms with Gasteiger partial charge in [-0.15, -0.1) is 11.6 Å². The van der Waals surface area contributed by atoms with Crippen molar-refractivity contribution >= 4 is 17.6 Å². The predicted molar refractivity (Wildman–Crippen MR) is 110 cm³/mol. The van der Waals surface area contributed by atoms with Crippen LogP contribution in [0.1, 0.15) is 46.5 Å². The van der Waals surface area contributed by atoms with Gasteiger partial charge in [-0.05, 0) is 39.7 Å². The zero-order valence-corrected chi connectivity index (χ0v) is 18.4. The van der Waals surface area contributed by atoms with Crippen LogP contribution in [0.2, 0.25) is 0 Å². The third-order valence-corrected chi connectivity index (χ3v) is 5.49. The molecular weight excluding hydrogens is 409 g/mol. The van der Waals surface area contributed by atoms with Crippen LogP contribution in [0, 0.1) is 5.92 Å². The van der Waals surface area contributed by atoms with Gasteiger partial charge in [0.15, 0.2) is 0 Å². The lowest BCUT2D eigenvalue weighted by Crippen LogP contribution is -2.68. The maximum Gasteiger partial charge on any atom is 0.393 e. The lowest BCUT2D eigenvalue weighted by molar-refractivity contribution is -0.182. The minimum absolute atomic E-state index is 0.0289. The summed E-state index contributed by atoms with van der Waals surface area (Å²) in [6.45, 7) is 7.61. The Kier molecular flexibility index (Phi) is 11.6. The summed E-state index contributed by atoms with van der Waals surface area (Å²) in [6.07, 6.45) is -3.48. The fraction of sp³-hybridized carbons (Fsp3) is 0.944. The van der Waals surface area contributed by atoms with Crippen LogP contribution in [0.4, 0.5) is 18.0 Å². The summed E-state index contributed by atoms with van der Waals surface area (Å²) in [5.41, 5.74) is 0. The highest BCUT2D eigenvalue weighted by molar-refractivity contribution is 6.20. The molecule has 0 aromatic heterocycles. The van der Waals surface area contributed by atoms with E-state index in [1.807, 2.05) is 27.8 Å². The van der Waals surface area contributed by atoms with E-state index in [0.29, 0.717) is 6.42 Å². The van der Waals surface area contributed by atoms with Gasteiger partial charge in [-0.3, -0.25) is 10.6 Å². The number of likely N-dealkylation sites (N-methyl/N-ethyl adjacent to an activating group) is 1. The molecule has 11 heteroatoms. The second kappa shape index (κ2) is 12.8. The Morgan fingerprint density at radius 2 is 1.79 bits per heavy atom. The van der Waals surface area contributed by atoms with Crippen molar-refractivity contribution in [3.8, 4) is 0 Å². The molecule has 0 radical (unpaired) electrons. The summed E-state index contributed by atoms with van der Waals surface area (Å²) < 4.78 is 39.1. The number of carbonyl (C=O) groups excluding carboxylic acids is 1. The first-order chi connectivity index (χ1) is 13.7. The molecule has 1 saturated heterocycles. The van der Waals surface area contributed by atoms with Crippen molar-refractivity contribution in [1.29, 1.82) is 0 Å². The molecule has 0 bridgehead atoms. The number of hydrogen-bond acceptors (Lipinski definition) is 5. The molecule has 6 atom stereocenters. The van der Waals surface area contributed by atoms with Gasteiger partial charge in [0.1, 0.15) is 6.29 Å². The topological polar surface area (TPSA) is 89.2 Å². The first kappa shape index (κ1) is 26.2. The van der Waals surface area contributed by atoms with E-state index in [1.165, 1.54) is 0 Å². The maximum atomic E-state index is 13.0. The molecule has 172 valence electrons. The van der Waals surface area contributed by atoms with Crippen LogP contribution in [0.3, 0.4) is 0 Å². The number of urea groups is 1. The average molecular weight is 445 g/mol. The Labute approximate surface area is 176 Å². The fourth-order valence-electron chi connectivity index (χ4n) is 3.58. The van der Waals surface area contributed by atoms with Gasteiger partial charge in [0.25, 0.3) is 0 Å². The number of rotatable bonds is 6. The molecular formula is C18H36ClF3N6O. The Balaban J connectivity index is 0.00000204. The highest BCUT2D eigenvalue weighted by Crippen LogP contribution is 2.40. The number of hydrogen-bond donors (Lipinski definition) is 6. The Morgan fingerprint density at radius 1 is 1.10 bits per heavy atom. The predicted octanol–water partition coefficient (Wildman–Crippen LogP) is 2.04. The van der Waals surface area contributed by atoms with Crippen LogP contribution >= 0.6 is 11.6 Å². The molecule has 1 saturated carbocycles. The van der Waals surface area contributed by atoms with Crippen LogP contribution in [0.5, 0.6) is 0 Å². The number of nitrogens with one attached hydrogen (secondary N) is 6. The zero-order chi connectivity index (χ0) is 22.0. The van der Waals surface area contributed by atoms with E-state index in [4.69, 9.17) is 11.6 Å². The first-order valence-corrected chi connectivity index (χ1v) is 10.8. The summed E-state index contributed by atoms with van der Waals surface area (Å²) in [7, 11) is 1.87. The number of carbonyl (C=O) groups is 1. The minimum atomic E-state index is -4.35. The van der Waals surface area contributed by atoms with Crippen molar-refractivity contribution in [2.24, 2.45) is 5.92 Å². The quantitative estimate of drug-likeness (QED) is 0.279. The van der Waals surface area contributed by atoms with Gasteiger partial charge in [-0.2, -0.15) is 13.2 Å². The van der Waals surface area contributed by atoms with Gasteiger partial charge >= 0.3 is 12.2 Å². The van der Waals surface area contributed by atoms with Crippen LogP contribution < -0.4 is 31.9 Å². The van der Waals surface area contributed by atoms with Gasteiger partial charge in [0, 0.05) is 30.6 Å². The number of alkyl halides is 4. The molecule has 2 fully saturated rings. The third kappa shape index (κ3) is 9.25. The molecule has 7 nitrogen and oxygen atoms in total. The molecule has 6 unspecified atom stereocenters. The van der Waals surface area contributed by atoms with Gasteiger partial charge < -0.3 is 21.3 Å². The number of amides is 2. The molecule has 29 heavy (non-hydrogen) atoms. The lowest BCUT2D eigenvalue weighted by atomic mass is 9.85. The lowest BCUT2D eigenvalue weighted by Gasteiger charge is -2.38. The summed E-state index contributed by atoms with van der Waals surface area (Å²) in [4.78, 5) is 12.2. The Morgan fingerprint density at radius 3 is 2.41 bits per heavy atom. The molecule has 1 heterocycles. The van der Waals surface area contributed by atoms with Crippen LogP contribution in [-0.2, 0) is 0 Å². The van der Waals surface area contributed by atoms with E-state index in [2.05, 4.69) is 31.9 Å². The Bertz CT molecular complexity index is 485. The van der Waals surface area contributed by atoms with Crippen molar-refractivity contribution in [3.63, 3.8) is 0 Å². The molecule has 2 rings (SSSR count). The van der Waals surface area contributed by atoms with Gasteiger partial charge in [0.05, 0.1) is 12.1 Å². The normalized spacial score (nSPS) is 32.7. The van der Waals surface area contributed by atoms with Gasteiger partial charge in [-0.25, -0.2) is 4.79 Å². The molecule has 0 spiro atoms. The second-order valence-corrected chi connectivity index (χ2v) is 7.87. The standard InChI is InChI=1S/C16H30ClF3N6O.C2H6/c1-9-7-13(22-6-5-21-2)25-14(23-9)26-15(27)24-10-3-4-12(17)11(8-10)16(18,19)20;1-2/h9-14,21-23,25H,3-8H2,1-2H3,(H2,24,26,27);1-2H3. The zero-order valence-electron chi connectivity index (χ0n) is 17.6. The van der Waals surface area contributed by atoms with Gasteiger partial charge in [0.2, 0.25) is 0 Å². The molecule has 2 aliphatic rings. The van der Waals surface area contributed by atoms with Crippen molar-refractivity contribution in [2.75, 3.05) is 20.1 Å². The molecule has 2 amide bonds. The summed E-state index contributed by atoms with van der Waals surface area (Å²) >= 11 is 5.83. The highest BCUT2D eigenvalue weighted by Gasteiger charge is 2.47. The smallest absolute Gasteiger partial charge is 0.335 e. The van der Waals surface area contributed by atoms with Crippen molar-refractivity contribution in [2.45, 2.75) is 82.5 Å². The van der Waals surface area contributed by atoms with Crippen LogP contribution in [-0.4, -0.2) is 62.3 Å². The SMILES string of the molecule is CC.CNCCNC1CC(C)NC(NC(=O)NC2CCC(Cl)C(C(F)(F)F)C2)N1. The minimum Gasteiger partial charge on any atom is -0.335 e. The van der Waals surface area contributed by atoms with E-state index < -0.39 is 35.8 Å².